The number of benzene rings is 2. The van der Waals surface area contributed by atoms with E-state index in [-0.39, 0.29) is 24.4 Å². The number of halogens is 2. The van der Waals surface area contributed by atoms with E-state index in [0.717, 1.165) is 37.2 Å². The minimum Gasteiger partial charge on any atom is -0.444 e. The number of nitrogens with one attached hydrogen (secondary N) is 4. The number of nitrogen functional groups attached to an aromatic ring is 1. The molecule has 2 aromatic carbocycles. The SMILES string of the molecule is CNC(=O)N(c1ccccc1)C1CCN(C(=O)N[C@H](Cc2cc(Br)c(N)c(Br)c2)C(=O)N[C@@H](CCCCNC(=O)OC(C)(C)C)C(=O)N2CCC(N3CCCCC3)CC2)CC1. The Morgan fingerprint density at radius 1 is 0.836 bits per heavy atom. The maximum Gasteiger partial charge on any atom is 0.407 e. The number of amides is 7. The number of hydrogen-bond donors (Lipinski definition) is 5. The van der Waals surface area contributed by atoms with Crippen molar-refractivity contribution in [1.82, 2.24) is 36.0 Å². The number of nitrogens with two attached hydrogens (primary N) is 1. The van der Waals surface area contributed by atoms with Crippen LogP contribution in [0.15, 0.2) is 51.4 Å². The van der Waals surface area contributed by atoms with Gasteiger partial charge >= 0.3 is 18.2 Å². The molecular formula is C44H65Br2N9O6. The molecule has 336 valence electrons. The predicted octanol–water partition coefficient (Wildman–Crippen LogP) is 6.38. The Balaban J connectivity index is 1.29. The van der Waals surface area contributed by atoms with Crippen LogP contribution in [-0.2, 0) is 20.7 Å². The van der Waals surface area contributed by atoms with Gasteiger partial charge in [0.05, 0.1) is 5.69 Å². The van der Waals surface area contributed by atoms with E-state index in [1.54, 1.807) is 37.6 Å². The van der Waals surface area contributed by atoms with Crippen molar-refractivity contribution >= 4 is 73.2 Å². The van der Waals surface area contributed by atoms with Crippen molar-refractivity contribution in [3.05, 3.63) is 57.0 Å². The molecule has 0 saturated carbocycles. The van der Waals surface area contributed by atoms with Crippen LogP contribution in [0.25, 0.3) is 0 Å². The maximum absolute atomic E-state index is 14.5. The molecule has 0 radical (unpaired) electrons. The third kappa shape index (κ3) is 14.2. The highest BCUT2D eigenvalue weighted by Crippen LogP contribution is 2.31. The molecular weight excluding hydrogens is 910 g/mol. The normalized spacial score (nSPS) is 17.8. The van der Waals surface area contributed by atoms with Gasteiger partial charge in [-0.2, -0.15) is 0 Å². The van der Waals surface area contributed by atoms with Crippen molar-refractivity contribution in [1.29, 1.82) is 0 Å². The standard InChI is InChI=1S/C44H65Br2N9O6/c1-44(2,3)61-43(60)49-20-10-9-15-36(40(57)53-23-16-31(17-24-53)52-21-11-6-12-22-52)50-39(56)37(29-30-27-34(45)38(47)35(46)28-30)51-42(59)54-25-18-33(19-26-54)55(41(58)48-4)32-13-7-5-8-14-32/h5,7-8,13-14,27-28,31,33,36-37H,6,9-12,15-26,29,47H2,1-4H3,(H,48,58)(H,49,60)(H,50,56)(H,51,59)/t36-,37+/m0/s1. The number of rotatable bonds is 14. The van der Waals surface area contributed by atoms with Crippen LogP contribution in [0, 0.1) is 0 Å². The summed E-state index contributed by atoms with van der Waals surface area (Å²) in [5, 5.41) is 11.6. The summed E-state index contributed by atoms with van der Waals surface area (Å²) < 4.78 is 6.65. The number of nitrogens with zero attached hydrogens (tertiary/aromatic N) is 4. The lowest BCUT2D eigenvalue weighted by atomic mass is 9.98. The summed E-state index contributed by atoms with van der Waals surface area (Å²) in [6.45, 7) is 9.93. The number of carbonyl (C=O) groups is 5. The maximum atomic E-state index is 14.5. The van der Waals surface area contributed by atoms with E-state index in [1.165, 1.54) is 19.3 Å². The van der Waals surface area contributed by atoms with Gasteiger partial charge in [-0.15, -0.1) is 0 Å². The molecule has 3 saturated heterocycles. The quantitative estimate of drug-likeness (QED) is 0.107. The molecule has 0 bridgehead atoms. The average Bonchev–Trinajstić information content (AvgIpc) is 3.24. The minimum absolute atomic E-state index is 0.131. The van der Waals surface area contributed by atoms with E-state index in [0.29, 0.717) is 85.5 Å². The fourth-order valence-electron chi connectivity index (χ4n) is 8.43. The second kappa shape index (κ2) is 22.8. The highest BCUT2D eigenvalue weighted by atomic mass is 79.9. The van der Waals surface area contributed by atoms with Gasteiger partial charge in [-0.1, -0.05) is 24.6 Å². The molecule has 2 atom stereocenters. The third-order valence-electron chi connectivity index (χ3n) is 11.7. The Morgan fingerprint density at radius 2 is 1.46 bits per heavy atom. The summed E-state index contributed by atoms with van der Waals surface area (Å²) in [5.41, 5.74) is 7.60. The van der Waals surface area contributed by atoms with Crippen LogP contribution < -0.4 is 31.9 Å². The lowest BCUT2D eigenvalue weighted by Gasteiger charge is -2.41. The van der Waals surface area contributed by atoms with Gasteiger partial charge in [0.25, 0.3) is 0 Å². The van der Waals surface area contributed by atoms with Crippen LogP contribution in [-0.4, -0.2) is 127 Å². The van der Waals surface area contributed by atoms with E-state index in [9.17, 15) is 24.0 Å². The molecule has 7 amide bonds. The number of para-hydroxylation sites is 1. The number of carbonyl (C=O) groups excluding carboxylic acids is 5. The molecule has 6 N–H and O–H groups in total. The molecule has 3 aliphatic heterocycles. The number of anilines is 2. The van der Waals surface area contributed by atoms with Gasteiger partial charge in [-0.05, 0) is 153 Å². The summed E-state index contributed by atoms with van der Waals surface area (Å²) in [4.78, 5) is 75.9. The van der Waals surface area contributed by atoms with Crippen molar-refractivity contribution in [2.45, 2.75) is 121 Å². The number of alkyl carbamates (subject to hydrolysis) is 1. The highest BCUT2D eigenvalue weighted by Gasteiger charge is 2.35. The first kappa shape index (κ1) is 48.0. The largest absolute Gasteiger partial charge is 0.444 e. The lowest BCUT2D eigenvalue weighted by Crippen LogP contribution is -2.59. The number of urea groups is 2. The minimum atomic E-state index is -1.03. The third-order valence-corrected chi connectivity index (χ3v) is 13.0. The van der Waals surface area contributed by atoms with Gasteiger partial charge < -0.3 is 46.4 Å². The molecule has 3 aliphatic rings. The number of ether oxygens (including phenoxy) is 1. The van der Waals surface area contributed by atoms with Crippen molar-refractivity contribution in [3.63, 3.8) is 0 Å². The summed E-state index contributed by atoms with van der Waals surface area (Å²) in [7, 11) is 1.60. The molecule has 61 heavy (non-hydrogen) atoms. The molecule has 3 heterocycles. The molecule has 0 aromatic heterocycles. The Hall–Kier alpha value is -4.09. The van der Waals surface area contributed by atoms with E-state index in [4.69, 9.17) is 10.5 Å². The molecule has 15 nitrogen and oxygen atoms in total. The Bertz CT molecular complexity index is 1770. The molecule has 0 aliphatic carbocycles. The van der Waals surface area contributed by atoms with Crippen LogP contribution in [0.5, 0.6) is 0 Å². The van der Waals surface area contributed by atoms with Crippen LogP contribution in [0.1, 0.15) is 90.5 Å². The zero-order chi connectivity index (χ0) is 44.1. The van der Waals surface area contributed by atoms with Crippen LogP contribution in [0.4, 0.5) is 25.8 Å². The summed E-state index contributed by atoms with van der Waals surface area (Å²) in [6, 6.07) is 10.9. The second-order valence-corrected chi connectivity index (χ2v) is 19.0. The number of piperidine rings is 3. The zero-order valence-corrected chi connectivity index (χ0v) is 39.3. The molecule has 0 spiro atoms. The van der Waals surface area contributed by atoms with Crippen LogP contribution in [0.3, 0.4) is 0 Å². The van der Waals surface area contributed by atoms with E-state index in [1.807, 2.05) is 47.4 Å². The predicted molar refractivity (Wildman–Crippen MR) is 245 cm³/mol. The molecule has 0 unspecified atom stereocenters. The first-order chi connectivity index (χ1) is 29.1. The van der Waals surface area contributed by atoms with E-state index >= 15 is 0 Å². The van der Waals surface area contributed by atoms with E-state index in [2.05, 4.69) is 58.0 Å². The Labute approximate surface area is 377 Å². The molecule has 5 rings (SSSR count). The number of unbranched alkanes of at least 4 members (excludes halogenated alkanes) is 1. The summed E-state index contributed by atoms with van der Waals surface area (Å²) in [5.74, 6) is -0.620. The molecule has 2 aromatic rings. The zero-order valence-electron chi connectivity index (χ0n) is 36.2. The van der Waals surface area contributed by atoms with Gasteiger partial charge in [0.15, 0.2) is 0 Å². The van der Waals surface area contributed by atoms with Gasteiger partial charge in [-0.25, -0.2) is 14.4 Å². The van der Waals surface area contributed by atoms with Gasteiger partial charge in [0, 0.05) is 72.9 Å². The molecule has 17 heteroatoms. The highest BCUT2D eigenvalue weighted by molar-refractivity contribution is 9.11. The lowest BCUT2D eigenvalue weighted by molar-refractivity contribution is -0.138. The monoisotopic (exact) mass is 973 g/mol. The topological polar surface area (TPSA) is 182 Å². The summed E-state index contributed by atoms with van der Waals surface area (Å²) in [6.07, 6.45) is 7.63. The van der Waals surface area contributed by atoms with Gasteiger partial charge in [0.1, 0.15) is 17.7 Å². The smallest absolute Gasteiger partial charge is 0.407 e. The van der Waals surface area contributed by atoms with Crippen molar-refractivity contribution in [2.75, 3.05) is 63.5 Å². The number of likely N-dealkylation sites (tertiary alicyclic amines) is 3. The second-order valence-electron chi connectivity index (χ2n) is 17.3. The van der Waals surface area contributed by atoms with Crippen molar-refractivity contribution in [2.24, 2.45) is 0 Å². The van der Waals surface area contributed by atoms with Crippen LogP contribution in [0.2, 0.25) is 0 Å². The van der Waals surface area contributed by atoms with Gasteiger partial charge in [0.2, 0.25) is 11.8 Å². The fraction of sp³-hybridized carbons (Fsp3) is 0.614. The first-order valence-corrected chi connectivity index (χ1v) is 23.4. The Kier molecular flexibility index (Phi) is 18.0. The Morgan fingerprint density at radius 3 is 2.07 bits per heavy atom. The summed E-state index contributed by atoms with van der Waals surface area (Å²) >= 11 is 7.03. The van der Waals surface area contributed by atoms with Crippen LogP contribution >= 0.6 is 31.9 Å². The van der Waals surface area contributed by atoms with Gasteiger partial charge in [-0.3, -0.25) is 14.5 Å². The van der Waals surface area contributed by atoms with Crippen molar-refractivity contribution < 1.29 is 28.7 Å². The molecule has 3 fully saturated rings. The fourth-order valence-corrected chi connectivity index (χ4v) is 9.71. The van der Waals surface area contributed by atoms with E-state index < -0.39 is 35.7 Å². The average molecular weight is 976 g/mol. The first-order valence-electron chi connectivity index (χ1n) is 21.8. The van der Waals surface area contributed by atoms with Crippen molar-refractivity contribution in [3.8, 4) is 0 Å². The number of hydrogen-bond acceptors (Lipinski definition) is 8.